The summed E-state index contributed by atoms with van der Waals surface area (Å²) < 4.78 is 33.5. The van der Waals surface area contributed by atoms with Gasteiger partial charge in [-0.05, 0) is 18.2 Å². The van der Waals surface area contributed by atoms with Crippen molar-refractivity contribution >= 4 is 38.6 Å². The Morgan fingerprint density at radius 3 is 2.76 bits per heavy atom. The summed E-state index contributed by atoms with van der Waals surface area (Å²) in [6.45, 7) is 0. The SMILES string of the molecule is O=S(=O)([O-])c1ccc2c3c(cccc13)NC=[NH+]2. The Balaban J connectivity index is 2.53. The zero-order chi connectivity index (χ0) is 12.0. The second-order valence-electron chi connectivity index (χ2n) is 3.73. The molecule has 1 heterocycles. The van der Waals surface area contributed by atoms with E-state index in [1.54, 1.807) is 24.5 Å². The maximum Gasteiger partial charge on any atom is 0.240 e. The molecule has 0 radical (unpaired) electrons. The maximum atomic E-state index is 11.2. The summed E-state index contributed by atoms with van der Waals surface area (Å²) in [6, 6.07) is 8.08. The number of benzene rings is 2. The highest BCUT2D eigenvalue weighted by Gasteiger charge is 2.17. The van der Waals surface area contributed by atoms with E-state index in [9.17, 15) is 13.0 Å². The first kappa shape index (κ1) is 10.2. The molecule has 1 aliphatic rings. The van der Waals surface area contributed by atoms with Crippen LogP contribution in [0.5, 0.6) is 0 Å². The molecule has 0 spiro atoms. The Morgan fingerprint density at radius 1 is 1.18 bits per heavy atom. The zero-order valence-electron chi connectivity index (χ0n) is 8.60. The smallest absolute Gasteiger partial charge is 0.240 e. The van der Waals surface area contributed by atoms with Crippen molar-refractivity contribution in [3.63, 3.8) is 0 Å². The molecule has 0 bridgehead atoms. The van der Waals surface area contributed by atoms with Gasteiger partial charge in [-0.25, -0.2) is 18.7 Å². The predicted octanol–water partition coefficient (Wildman–Crippen LogP) is -0.0902. The van der Waals surface area contributed by atoms with Crippen LogP contribution in [-0.4, -0.2) is 19.3 Å². The van der Waals surface area contributed by atoms with E-state index < -0.39 is 10.1 Å². The lowest BCUT2D eigenvalue weighted by Gasteiger charge is -2.14. The van der Waals surface area contributed by atoms with Gasteiger partial charge in [0.15, 0.2) is 0 Å². The van der Waals surface area contributed by atoms with E-state index in [4.69, 9.17) is 0 Å². The Hall–Kier alpha value is -1.92. The molecular formula is C11H8N2O3S. The van der Waals surface area contributed by atoms with Crippen molar-refractivity contribution in [2.24, 2.45) is 0 Å². The molecule has 0 saturated heterocycles. The van der Waals surface area contributed by atoms with Gasteiger partial charge >= 0.3 is 0 Å². The molecular weight excluding hydrogens is 240 g/mol. The molecule has 1 aliphatic heterocycles. The van der Waals surface area contributed by atoms with Crippen LogP contribution in [0, 0.1) is 0 Å². The fraction of sp³-hybridized carbons (Fsp3) is 0. The summed E-state index contributed by atoms with van der Waals surface area (Å²) in [7, 11) is -4.46. The van der Waals surface area contributed by atoms with Gasteiger partial charge in [-0.1, -0.05) is 12.1 Å². The molecule has 0 fully saturated rings. The maximum absolute atomic E-state index is 11.2. The summed E-state index contributed by atoms with van der Waals surface area (Å²) in [5, 5.41) is 4.12. The Morgan fingerprint density at radius 2 is 2.00 bits per heavy atom. The van der Waals surface area contributed by atoms with Crippen LogP contribution in [0.2, 0.25) is 0 Å². The molecule has 2 aromatic carbocycles. The monoisotopic (exact) mass is 248 g/mol. The number of nitrogens with one attached hydrogen (secondary N) is 2. The molecule has 0 unspecified atom stereocenters. The van der Waals surface area contributed by atoms with E-state index in [0.29, 0.717) is 10.8 Å². The molecule has 2 N–H and O–H groups in total. The normalized spacial score (nSPS) is 13.7. The molecule has 0 aliphatic carbocycles. The Labute approximate surface area is 97.5 Å². The van der Waals surface area contributed by atoms with Gasteiger partial charge in [0, 0.05) is 5.39 Å². The second-order valence-corrected chi connectivity index (χ2v) is 5.07. The van der Waals surface area contributed by atoms with E-state index >= 15 is 0 Å². The van der Waals surface area contributed by atoms with Gasteiger partial charge in [0.2, 0.25) is 6.34 Å². The number of hydrogen-bond donors (Lipinski definition) is 2. The van der Waals surface area contributed by atoms with Crippen molar-refractivity contribution in [3.05, 3.63) is 30.3 Å². The number of anilines is 1. The van der Waals surface area contributed by atoms with E-state index in [1.807, 2.05) is 6.07 Å². The van der Waals surface area contributed by atoms with E-state index in [-0.39, 0.29) is 4.90 Å². The average molecular weight is 248 g/mol. The minimum atomic E-state index is -4.46. The van der Waals surface area contributed by atoms with Crippen LogP contribution in [-0.2, 0) is 10.1 Å². The lowest BCUT2D eigenvalue weighted by atomic mass is 10.1. The van der Waals surface area contributed by atoms with Crippen LogP contribution in [0.4, 0.5) is 11.4 Å². The zero-order valence-corrected chi connectivity index (χ0v) is 9.41. The van der Waals surface area contributed by atoms with Crippen LogP contribution < -0.4 is 10.3 Å². The van der Waals surface area contributed by atoms with Gasteiger partial charge in [-0.15, -0.1) is 0 Å². The molecule has 6 heteroatoms. The average Bonchev–Trinajstić information content (AvgIpc) is 2.28. The fourth-order valence-electron chi connectivity index (χ4n) is 2.03. The van der Waals surface area contributed by atoms with Gasteiger partial charge in [-0.2, -0.15) is 0 Å². The van der Waals surface area contributed by atoms with Gasteiger partial charge in [0.25, 0.3) is 0 Å². The Kier molecular flexibility index (Phi) is 1.98. The molecule has 17 heavy (non-hydrogen) atoms. The van der Waals surface area contributed by atoms with Gasteiger partial charge in [0.1, 0.15) is 21.5 Å². The first-order valence-corrected chi connectivity index (χ1v) is 6.34. The van der Waals surface area contributed by atoms with Crippen molar-refractivity contribution in [1.82, 2.24) is 0 Å². The third-order valence-corrected chi connectivity index (χ3v) is 3.62. The van der Waals surface area contributed by atoms with Crippen LogP contribution >= 0.6 is 0 Å². The van der Waals surface area contributed by atoms with Crippen molar-refractivity contribution in [2.45, 2.75) is 4.90 Å². The van der Waals surface area contributed by atoms with Crippen molar-refractivity contribution in [1.29, 1.82) is 0 Å². The van der Waals surface area contributed by atoms with Crippen molar-refractivity contribution < 1.29 is 18.0 Å². The third kappa shape index (κ3) is 1.49. The van der Waals surface area contributed by atoms with Gasteiger partial charge in [-0.3, -0.25) is 0 Å². The fourth-order valence-corrected chi connectivity index (χ4v) is 2.70. The topological polar surface area (TPSA) is 83.2 Å². The summed E-state index contributed by atoms with van der Waals surface area (Å²) >= 11 is 0. The van der Waals surface area contributed by atoms with Gasteiger partial charge < -0.3 is 4.55 Å². The first-order chi connectivity index (χ1) is 8.07. The van der Waals surface area contributed by atoms with E-state index in [1.165, 1.54) is 6.07 Å². The molecule has 3 rings (SSSR count). The predicted molar refractivity (Wildman–Crippen MR) is 62.2 cm³/mol. The molecule has 0 atom stereocenters. The highest BCUT2D eigenvalue weighted by Crippen LogP contribution is 2.33. The number of hydrogen-bond acceptors (Lipinski definition) is 4. The minimum absolute atomic E-state index is 0.191. The highest BCUT2D eigenvalue weighted by molar-refractivity contribution is 7.86. The third-order valence-electron chi connectivity index (χ3n) is 2.73. The molecule has 5 nitrogen and oxygen atoms in total. The quantitative estimate of drug-likeness (QED) is 0.691. The summed E-state index contributed by atoms with van der Waals surface area (Å²) in [5.41, 5.74) is 1.56. The Bertz CT molecular complexity index is 751. The molecule has 86 valence electrons. The van der Waals surface area contributed by atoms with Gasteiger partial charge in [0.05, 0.1) is 10.3 Å². The van der Waals surface area contributed by atoms with Crippen LogP contribution in [0.15, 0.2) is 35.2 Å². The highest BCUT2D eigenvalue weighted by atomic mass is 32.2. The molecule has 2 aromatic rings. The second kappa shape index (κ2) is 3.28. The van der Waals surface area contributed by atoms with Crippen LogP contribution in [0.25, 0.3) is 10.8 Å². The largest absolute Gasteiger partial charge is 0.744 e. The molecule has 0 saturated carbocycles. The summed E-state index contributed by atoms with van der Waals surface area (Å²) in [4.78, 5) is 2.78. The standard InChI is InChI=1S/C11H8N2O3S/c14-17(15,16)10-5-4-9-11-7(10)2-1-3-8(11)12-6-13-9/h1-6H,(H,12,13)(H,14,15,16). The van der Waals surface area contributed by atoms with Crippen molar-refractivity contribution in [2.75, 3.05) is 5.32 Å². The molecule has 0 amide bonds. The van der Waals surface area contributed by atoms with Crippen LogP contribution in [0.1, 0.15) is 0 Å². The van der Waals surface area contributed by atoms with Crippen LogP contribution in [0.3, 0.4) is 0 Å². The van der Waals surface area contributed by atoms with Crippen molar-refractivity contribution in [3.8, 4) is 0 Å². The lowest BCUT2D eigenvalue weighted by Crippen LogP contribution is -2.64. The van der Waals surface area contributed by atoms with E-state index in [2.05, 4.69) is 10.3 Å². The lowest BCUT2D eigenvalue weighted by molar-refractivity contribution is -0.346. The summed E-state index contributed by atoms with van der Waals surface area (Å²) in [5.74, 6) is 0. The van der Waals surface area contributed by atoms with E-state index in [0.717, 1.165) is 11.4 Å². The minimum Gasteiger partial charge on any atom is -0.744 e. The number of rotatable bonds is 1. The summed E-state index contributed by atoms with van der Waals surface area (Å²) in [6.07, 6.45) is 1.66. The molecule has 0 aromatic heterocycles. The first-order valence-electron chi connectivity index (χ1n) is 4.94.